The molecule has 87 valence electrons. The largest absolute Gasteiger partial charge is 0.299 e. The average Bonchev–Trinajstić information content (AvgIpc) is 2.29. The van der Waals surface area contributed by atoms with Gasteiger partial charge in [0, 0.05) is 12.3 Å². The number of hydrogen-bond donors (Lipinski definition) is 0. The standard InChI is InChI=1S/C15H21O/c1-12(2)13(3)15(16)11-7-10-14-8-5-4-6-9-14/h4-6,8-9,13H,7,10-11H2,1-3H3. The zero-order valence-electron chi connectivity index (χ0n) is 10.5. The quantitative estimate of drug-likeness (QED) is 0.707. The number of rotatable bonds is 6. The van der Waals surface area contributed by atoms with E-state index in [4.69, 9.17) is 0 Å². The first-order valence-electron chi connectivity index (χ1n) is 5.98. The maximum Gasteiger partial charge on any atom is 0.136 e. The first-order chi connectivity index (χ1) is 7.61. The molecule has 1 aromatic carbocycles. The molecule has 0 bridgehead atoms. The van der Waals surface area contributed by atoms with E-state index in [0.717, 1.165) is 12.8 Å². The molecule has 0 N–H and O–H groups in total. The van der Waals surface area contributed by atoms with Gasteiger partial charge in [0.05, 0.1) is 0 Å². The number of aryl methyl sites for hydroxylation is 1. The monoisotopic (exact) mass is 217 g/mol. The summed E-state index contributed by atoms with van der Waals surface area (Å²) in [5.41, 5.74) is 1.32. The molecule has 0 aromatic heterocycles. The highest BCUT2D eigenvalue weighted by molar-refractivity contribution is 5.82. The van der Waals surface area contributed by atoms with Gasteiger partial charge in [0.25, 0.3) is 0 Å². The SMILES string of the molecule is C[C](C)C(C)C(=O)CCCc1ccccc1. The highest BCUT2D eigenvalue weighted by atomic mass is 16.1. The van der Waals surface area contributed by atoms with Crippen LogP contribution in [0.5, 0.6) is 0 Å². The summed E-state index contributed by atoms with van der Waals surface area (Å²) in [5.74, 6) is 1.71. The van der Waals surface area contributed by atoms with Crippen LogP contribution in [0.3, 0.4) is 0 Å². The second-order valence-electron chi connectivity index (χ2n) is 4.60. The van der Waals surface area contributed by atoms with Gasteiger partial charge in [-0.05, 0) is 24.3 Å². The van der Waals surface area contributed by atoms with Crippen LogP contribution in [-0.2, 0) is 11.2 Å². The molecule has 0 spiro atoms. The van der Waals surface area contributed by atoms with Crippen LogP contribution < -0.4 is 0 Å². The lowest BCUT2D eigenvalue weighted by Crippen LogP contribution is -2.15. The molecule has 1 aromatic rings. The normalized spacial score (nSPS) is 12.8. The maximum atomic E-state index is 11.8. The highest BCUT2D eigenvalue weighted by Gasteiger charge is 2.15. The number of carbonyl (C=O) groups is 1. The molecule has 0 fully saturated rings. The van der Waals surface area contributed by atoms with E-state index in [0.29, 0.717) is 12.2 Å². The molecule has 0 aliphatic rings. The number of carbonyl (C=O) groups excluding carboxylic acids is 1. The number of hydrogen-bond acceptors (Lipinski definition) is 1. The summed E-state index contributed by atoms with van der Waals surface area (Å²) < 4.78 is 0. The first-order valence-corrected chi connectivity index (χ1v) is 5.98. The first kappa shape index (κ1) is 13.0. The topological polar surface area (TPSA) is 17.1 Å². The Labute approximate surface area is 98.9 Å². The number of benzene rings is 1. The van der Waals surface area contributed by atoms with Gasteiger partial charge in [0.2, 0.25) is 0 Å². The van der Waals surface area contributed by atoms with Gasteiger partial charge in [-0.15, -0.1) is 0 Å². The van der Waals surface area contributed by atoms with Crippen molar-refractivity contribution in [3.8, 4) is 0 Å². The van der Waals surface area contributed by atoms with Crippen LogP contribution in [0.2, 0.25) is 0 Å². The Hall–Kier alpha value is -1.11. The third-order valence-corrected chi connectivity index (χ3v) is 3.08. The zero-order chi connectivity index (χ0) is 12.0. The van der Waals surface area contributed by atoms with Gasteiger partial charge in [-0.2, -0.15) is 0 Å². The Morgan fingerprint density at radius 2 is 1.81 bits per heavy atom. The molecule has 1 unspecified atom stereocenters. The molecule has 1 radical (unpaired) electrons. The minimum atomic E-state index is 0.121. The highest BCUT2D eigenvalue weighted by Crippen LogP contribution is 2.16. The van der Waals surface area contributed by atoms with Crippen molar-refractivity contribution in [2.24, 2.45) is 5.92 Å². The third kappa shape index (κ3) is 4.18. The summed E-state index contributed by atoms with van der Waals surface area (Å²) in [6.45, 7) is 6.06. The van der Waals surface area contributed by atoms with Gasteiger partial charge in [-0.1, -0.05) is 51.1 Å². The van der Waals surface area contributed by atoms with Crippen LogP contribution in [0, 0.1) is 11.8 Å². The van der Waals surface area contributed by atoms with Crippen molar-refractivity contribution in [1.82, 2.24) is 0 Å². The summed E-state index contributed by atoms with van der Waals surface area (Å²) in [5, 5.41) is 0. The van der Waals surface area contributed by atoms with Crippen LogP contribution in [-0.4, -0.2) is 5.78 Å². The predicted molar refractivity (Wildman–Crippen MR) is 68.1 cm³/mol. The van der Waals surface area contributed by atoms with E-state index < -0.39 is 0 Å². The molecule has 1 atom stereocenters. The summed E-state index contributed by atoms with van der Waals surface area (Å²) in [6.07, 6.45) is 2.66. The lowest BCUT2D eigenvalue weighted by Gasteiger charge is -2.13. The van der Waals surface area contributed by atoms with Crippen molar-refractivity contribution in [2.45, 2.75) is 40.0 Å². The van der Waals surface area contributed by atoms with E-state index in [1.165, 1.54) is 11.5 Å². The Bertz CT molecular complexity index is 313. The Morgan fingerprint density at radius 1 is 1.19 bits per heavy atom. The molecule has 0 aliphatic heterocycles. The fourth-order valence-electron chi connectivity index (χ4n) is 1.65. The van der Waals surface area contributed by atoms with Crippen LogP contribution in [0.1, 0.15) is 39.2 Å². The van der Waals surface area contributed by atoms with E-state index in [9.17, 15) is 4.79 Å². The summed E-state index contributed by atoms with van der Waals surface area (Å²) in [7, 11) is 0. The Balaban J connectivity index is 2.28. The number of Topliss-reactive ketones (excluding diaryl/α,β-unsaturated/α-hetero) is 1. The summed E-state index contributed by atoms with van der Waals surface area (Å²) in [4.78, 5) is 11.8. The minimum Gasteiger partial charge on any atom is -0.299 e. The molecule has 0 aliphatic carbocycles. The van der Waals surface area contributed by atoms with Crippen molar-refractivity contribution < 1.29 is 4.79 Å². The molecular formula is C15H21O. The van der Waals surface area contributed by atoms with Crippen molar-refractivity contribution in [2.75, 3.05) is 0 Å². The van der Waals surface area contributed by atoms with Crippen molar-refractivity contribution >= 4 is 5.78 Å². The second-order valence-corrected chi connectivity index (χ2v) is 4.60. The minimum absolute atomic E-state index is 0.121. The predicted octanol–water partition coefficient (Wildman–Crippen LogP) is 3.83. The van der Waals surface area contributed by atoms with Crippen LogP contribution in [0.15, 0.2) is 30.3 Å². The molecule has 1 rings (SSSR count). The molecule has 0 saturated heterocycles. The van der Waals surface area contributed by atoms with E-state index >= 15 is 0 Å². The van der Waals surface area contributed by atoms with Gasteiger partial charge in [-0.25, -0.2) is 0 Å². The Kier molecular flexibility index (Phi) is 5.24. The Morgan fingerprint density at radius 3 is 2.38 bits per heavy atom. The van der Waals surface area contributed by atoms with Crippen molar-refractivity contribution in [1.29, 1.82) is 0 Å². The van der Waals surface area contributed by atoms with Crippen LogP contribution in [0.25, 0.3) is 0 Å². The fraction of sp³-hybridized carbons (Fsp3) is 0.467. The number of ketones is 1. The summed E-state index contributed by atoms with van der Waals surface area (Å²) in [6, 6.07) is 10.3. The maximum absolute atomic E-state index is 11.8. The smallest absolute Gasteiger partial charge is 0.136 e. The van der Waals surface area contributed by atoms with E-state index in [-0.39, 0.29) is 5.92 Å². The molecule has 1 nitrogen and oxygen atoms in total. The molecule has 0 saturated carbocycles. The molecule has 1 heteroatoms. The van der Waals surface area contributed by atoms with E-state index in [1.54, 1.807) is 0 Å². The van der Waals surface area contributed by atoms with Crippen LogP contribution in [0.4, 0.5) is 0 Å². The molecule has 0 amide bonds. The van der Waals surface area contributed by atoms with Gasteiger partial charge < -0.3 is 0 Å². The lowest BCUT2D eigenvalue weighted by molar-refractivity contribution is -0.121. The van der Waals surface area contributed by atoms with Gasteiger partial charge in [0.1, 0.15) is 5.78 Å². The third-order valence-electron chi connectivity index (χ3n) is 3.08. The van der Waals surface area contributed by atoms with Gasteiger partial charge in [0.15, 0.2) is 0 Å². The van der Waals surface area contributed by atoms with Crippen molar-refractivity contribution in [3.63, 3.8) is 0 Å². The average molecular weight is 217 g/mol. The zero-order valence-corrected chi connectivity index (χ0v) is 10.5. The van der Waals surface area contributed by atoms with Crippen molar-refractivity contribution in [3.05, 3.63) is 41.8 Å². The molecular weight excluding hydrogens is 196 g/mol. The summed E-state index contributed by atoms with van der Waals surface area (Å²) >= 11 is 0. The van der Waals surface area contributed by atoms with E-state index in [2.05, 4.69) is 12.1 Å². The lowest BCUT2D eigenvalue weighted by atomic mass is 9.90. The molecule has 16 heavy (non-hydrogen) atoms. The van der Waals surface area contributed by atoms with Gasteiger partial charge in [-0.3, -0.25) is 4.79 Å². The van der Waals surface area contributed by atoms with Crippen LogP contribution >= 0.6 is 0 Å². The second kappa shape index (κ2) is 6.47. The molecule has 0 heterocycles. The van der Waals surface area contributed by atoms with Gasteiger partial charge >= 0.3 is 0 Å². The van der Waals surface area contributed by atoms with E-state index in [1.807, 2.05) is 39.0 Å². The fourth-order valence-corrected chi connectivity index (χ4v) is 1.65.